The maximum Gasteiger partial charge on any atom is 0.256 e. The van der Waals surface area contributed by atoms with E-state index in [0.29, 0.717) is 16.8 Å². The normalized spacial score (nSPS) is 14.8. The van der Waals surface area contributed by atoms with Crippen molar-refractivity contribution in [3.63, 3.8) is 0 Å². The molecular formula is C19H12N4O2S. The Morgan fingerprint density at radius 1 is 1.19 bits per heavy atom. The van der Waals surface area contributed by atoms with E-state index in [-0.39, 0.29) is 11.7 Å². The maximum atomic E-state index is 12.5. The zero-order chi connectivity index (χ0) is 17.7. The number of amides is 1. The van der Waals surface area contributed by atoms with Crippen LogP contribution in [-0.4, -0.2) is 25.4 Å². The van der Waals surface area contributed by atoms with Crippen LogP contribution in [0.15, 0.2) is 54.3 Å². The fraction of sp³-hybridized carbons (Fsp3) is 0. The number of aromatic nitrogens is 3. The van der Waals surface area contributed by atoms with Crippen molar-refractivity contribution in [2.24, 2.45) is 0 Å². The van der Waals surface area contributed by atoms with Crippen LogP contribution in [0, 0.1) is 0 Å². The topological polar surface area (TPSA) is 79.5 Å². The summed E-state index contributed by atoms with van der Waals surface area (Å²) in [4.78, 5) is 22.1. The number of fused-ring (bicyclic) bond motifs is 2. The summed E-state index contributed by atoms with van der Waals surface area (Å²) < 4.78 is 1.96. The number of pyridine rings is 1. The molecule has 5 rings (SSSR count). The number of phenols is 1. The number of carbonyl (C=O) groups is 1. The average Bonchev–Trinajstić information content (AvgIpc) is 3.31. The second kappa shape index (κ2) is 5.53. The lowest BCUT2D eigenvalue weighted by Crippen LogP contribution is -2.03. The molecule has 0 fully saturated rings. The number of hydrogen-bond donors (Lipinski definition) is 2. The first-order valence-corrected chi connectivity index (χ1v) is 8.81. The van der Waals surface area contributed by atoms with E-state index < -0.39 is 0 Å². The minimum absolute atomic E-state index is 0.120. The number of carbonyl (C=O) groups excluding carboxylic acids is 1. The van der Waals surface area contributed by atoms with Crippen LogP contribution in [-0.2, 0) is 4.79 Å². The van der Waals surface area contributed by atoms with E-state index in [1.165, 1.54) is 11.3 Å². The minimum Gasteiger partial charge on any atom is -0.508 e. The van der Waals surface area contributed by atoms with Crippen molar-refractivity contribution in [3.8, 4) is 17.0 Å². The largest absolute Gasteiger partial charge is 0.508 e. The van der Waals surface area contributed by atoms with Crippen LogP contribution >= 0.6 is 11.3 Å². The molecule has 4 heterocycles. The van der Waals surface area contributed by atoms with Gasteiger partial charge in [-0.2, -0.15) is 0 Å². The fourth-order valence-corrected chi connectivity index (χ4v) is 3.84. The van der Waals surface area contributed by atoms with E-state index in [2.05, 4.69) is 10.3 Å². The summed E-state index contributed by atoms with van der Waals surface area (Å²) >= 11 is 1.53. The number of phenolic OH excluding ortho intramolecular Hbond substituents is 1. The molecule has 0 aliphatic carbocycles. The zero-order valence-corrected chi connectivity index (χ0v) is 14.2. The number of nitrogens with zero attached hydrogens (tertiary/aromatic N) is 3. The van der Waals surface area contributed by atoms with Crippen LogP contribution in [0.5, 0.6) is 5.75 Å². The van der Waals surface area contributed by atoms with Crippen molar-refractivity contribution < 1.29 is 9.90 Å². The third kappa shape index (κ3) is 2.21. The second-order valence-electron chi connectivity index (χ2n) is 5.88. The highest BCUT2D eigenvalue weighted by Gasteiger charge is 2.26. The van der Waals surface area contributed by atoms with E-state index in [4.69, 9.17) is 4.98 Å². The molecule has 3 aromatic heterocycles. The monoisotopic (exact) mass is 360 g/mol. The molecule has 0 spiro atoms. The molecule has 0 radical (unpaired) electrons. The predicted octanol–water partition coefficient (Wildman–Crippen LogP) is 3.66. The number of nitrogens with one attached hydrogen (secondary N) is 1. The highest BCUT2D eigenvalue weighted by atomic mass is 32.1. The van der Waals surface area contributed by atoms with Crippen molar-refractivity contribution in [3.05, 3.63) is 65.6 Å². The molecule has 0 bridgehead atoms. The molecule has 26 heavy (non-hydrogen) atoms. The summed E-state index contributed by atoms with van der Waals surface area (Å²) in [6.07, 6.45) is 7.19. The Kier molecular flexibility index (Phi) is 3.16. The Morgan fingerprint density at radius 2 is 2.04 bits per heavy atom. The van der Waals surface area contributed by atoms with Gasteiger partial charge in [-0.1, -0.05) is 0 Å². The van der Waals surface area contributed by atoms with Gasteiger partial charge in [0.1, 0.15) is 5.75 Å². The quantitative estimate of drug-likeness (QED) is 0.422. The SMILES string of the molecule is O=C1Nc2ccc(O)cc2/C1=C/c1c(-c2ccncc2)nc2sccn12. The van der Waals surface area contributed by atoms with Gasteiger partial charge in [-0.15, -0.1) is 11.3 Å². The number of imidazole rings is 1. The van der Waals surface area contributed by atoms with Crippen LogP contribution in [0.1, 0.15) is 11.3 Å². The third-order valence-corrected chi connectivity index (χ3v) is 5.08. The van der Waals surface area contributed by atoms with E-state index in [9.17, 15) is 9.90 Å². The average molecular weight is 360 g/mol. The van der Waals surface area contributed by atoms with Crippen LogP contribution in [0.3, 0.4) is 0 Å². The van der Waals surface area contributed by atoms with Gasteiger partial charge in [-0.3, -0.25) is 14.2 Å². The molecule has 1 aliphatic heterocycles. The van der Waals surface area contributed by atoms with Gasteiger partial charge in [-0.05, 0) is 36.4 Å². The van der Waals surface area contributed by atoms with Gasteiger partial charge in [0, 0.05) is 40.8 Å². The van der Waals surface area contributed by atoms with Crippen LogP contribution in [0.2, 0.25) is 0 Å². The molecule has 7 heteroatoms. The number of thiazole rings is 1. The van der Waals surface area contributed by atoms with Gasteiger partial charge in [-0.25, -0.2) is 4.98 Å². The lowest BCUT2D eigenvalue weighted by molar-refractivity contribution is -0.110. The highest BCUT2D eigenvalue weighted by Crippen LogP contribution is 2.37. The first-order chi connectivity index (χ1) is 12.7. The smallest absolute Gasteiger partial charge is 0.256 e. The number of hydrogen-bond acceptors (Lipinski definition) is 5. The first kappa shape index (κ1) is 14.9. The van der Waals surface area contributed by atoms with Crippen LogP contribution < -0.4 is 5.32 Å². The Balaban J connectivity index is 1.76. The Hall–Kier alpha value is -3.45. The third-order valence-electron chi connectivity index (χ3n) is 4.32. The van der Waals surface area contributed by atoms with E-state index >= 15 is 0 Å². The molecule has 126 valence electrons. The summed E-state index contributed by atoms with van der Waals surface area (Å²) in [7, 11) is 0. The first-order valence-electron chi connectivity index (χ1n) is 7.93. The summed E-state index contributed by atoms with van der Waals surface area (Å²) in [5.74, 6) is -0.0778. The Bertz CT molecular complexity index is 1190. The van der Waals surface area contributed by atoms with Crippen molar-refractivity contribution >= 4 is 39.5 Å². The van der Waals surface area contributed by atoms with E-state index in [0.717, 1.165) is 21.9 Å². The van der Waals surface area contributed by atoms with Crippen LogP contribution in [0.4, 0.5) is 5.69 Å². The van der Waals surface area contributed by atoms with Crippen molar-refractivity contribution in [2.45, 2.75) is 0 Å². The number of aromatic hydroxyl groups is 1. The molecule has 2 N–H and O–H groups in total. The maximum absolute atomic E-state index is 12.5. The highest BCUT2D eigenvalue weighted by molar-refractivity contribution is 7.15. The van der Waals surface area contributed by atoms with Gasteiger partial charge in [0.2, 0.25) is 0 Å². The lowest BCUT2D eigenvalue weighted by Gasteiger charge is -2.02. The number of anilines is 1. The molecule has 1 amide bonds. The Labute approximate surface area is 152 Å². The molecule has 0 atom stereocenters. The molecule has 4 aromatic rings. The molecule has 6 nitrogen and oxygen atoms in total. The zero-order valence-electron chi connectivity index (χ0n) is 13.4. The Morgan fingerprint density at radius 3 is 2.88 bits per heavy atom. The van der Waals surface area contributed by atoms with Gasteiger partial charge >= 0.3 is 0 Å². The minimum atomic E-state index is -0.198. The standard InChI is InChI=1S/C19H12N4O2S/c24-12-1-2-15-13(9-12)14(18(25)21-15)10-16-17(11-3-5-20-6-4-11)22-19-23(16)7-8-26-19/h1-10,24H,(H,21,25)/b14-10-. The van der Waals surface area contributed by atoms with Crippen molar-refractivity contribution in [1.82, 2.24) is 14.4 Å². The molecular weight excluding hydrogens is 348 g/mol. The summed E-state index contributed by atoms with van der Waals surface area (Å²) in [5, 5.41) is 14.6. The van der Waals surface area contributed by atoms with Gasteiger partial charge < -0.3 is 10.4 Å². The number of rotatable bonds is 2. The lowest BCUT2D eigenvalue weighted by atomic mass is 10.0. The molecule has 1 aromatic carbocycles. The fourth-order valence-electron chi connectivity index (χ4n) is 3.12. The number of benzene rings is 1. The van der Waals surface area contributed by atoms with Crippen molar-refractivity contribution in [1.29, 1.82) is 0 Å². The van der Waals surface area contributed by atoms with E-state index in [1.54, 1.807) is 30.6 Å². The van der Waals surface area contributed by atoms with E-state index in [1.807, 2.05) is 34.2 Å². The van der Waals surface area contributed by atoms with Gasteiger partial charge in [0.05, 0.1) is 17.0 Å². The summed E-state index contributed by atoms with van der Waals surface area (Å²) in [5.41, 5.74) is 4.40. The van der Waals surface area contributed by atoms with Crippen LogP contribution in [0.25, 0.3) is 27.9 Å². The second-order valence-corrected chi connectivity index (χ2v) is 6.75. The molecule has 0 saturated heterocycles. The molecule has 0 saturated carbocycles. The molecule has 1 aliphatic rings. The van der Waals surface area contributed by atoms with Crippen molar-refractivity contribution in [2.75, 3.05) is 5.32 Å². The predicted molar refractivity (Wildman–Crippen MR) is 101 cm³/mol. The van der Waals surface area contributed by atoms with Gasteiger partial charge in [0.15, 0.2) is 4.96 Å². The summed E-state index contributed by atoms with van der Waals surface area (Å²) in [6.45, 7) is 0. The van der Waals surface area contributed by atoms with Gasteiger partial charge in [0.25, 0.3) is 5.91 Å². The molecule has 0 unspecified atom stereocenters. The summed E-state index contributed by atoms with van der Waals surface area (Å²) in [6, 6.07) is 8.63.